The summed E-state index contributed by atoms with van der Waals surface area (Å²) < 4.78 is 26.9. The molecule has 0 spiro atoms. The second-order valence-corrected chi connectivity index (χ2v) is 8.14. The van der Waals surface area contributed by atoms with E-state index < -0.39 is 10.0 Å². The fourth-order valence-corrected chi connectivity index (χ4v) is 4.74. The maximum atomic E-state index is 12.9. The summed E-state index contributed by atoms with van der Waals surface area (Å²) in [4.78, 5) is 11.6. The van der Waals surface area contributed by atoms with Crippen LogP contribution in [-0.2, 0) is 14.8 Å². The molecule has 24 heavy (non-hydrogen) atoms. The second kappa shape index (κ2) is 7.71. The Morgan fingerprint density at radius 3 is 2.58 bits per heavy atom. The van der Waals surface area contributed by atoms with Crippen molar-refractivity contribution in [3.63, 3.8) is 0 Å². The van der Waals surface area contributed by atoms with Crippen molar-refractivity contribution in [1.82, 2.24) is 10.2 Å². The van der Waals surface area contributed by atoms with Gasteiger partial charge in [0.2, 0.25) is 11.0 Å². The summed E-state index contributed by atoms with van der Waals surface area (Å²) in [7, 11) is -3.83. The molecular weight excluding hydrogens is 348 g/mol. The highest BCUT2D eigenvalue weighted by Crippen LogP contribution is 2.29. The Morgan fingerprint density at radius 1 is 1.25 bits per heavy atom. The first-order valence-electron chi connectivity index (χ1n) is 7.61. The molecule has 0 saturated heterocycles. The smallest absolute Gasteiger partial charge is 0.293 e. The summed E-state index contributed by atoms with van der Waals surface area (Å²) in [6, 6.07) is 7.24. The number of aromatic nitrogens is 2. The van der Waals surface area contributed by atoms with Crippen LogP contribution in [0.2, 0.25) is 0 Å². The van der Waals surface area contributed by atoms with Crippen molar-refractivity contribution >= 4 is 38.1 Å². The van der Waals surface area contributed by atoms with Gasteiger partial charge in [0.05, 0.1) is 5.69 Å². The van der Waals surface area contributed by atoms with Gasteiger partial charge in [-0.25, -0.2) is 0 Å². The van der Waals surface area contributed by atoms with Gasteiger partial charge in [-0.3, -0.25) is 9.10 Å². The Hall–Kier alpha value is -2.00. The summed E-state index contributed by atoms with van der Waals surface area (Å²) in [5.74, 6) is -0.205. The Balaban J connectivity index is 2.31. The van der Waals surface area contributed by atoms with Crippen LogP contribution in [-0.4, -0.2) is 31.1 Å². The molecule has 1 aromatic heterocycles. The van der Waals surface area contributed by atoms with Gasteiger partial charge in [0.15, 0.2) is 0 Å². The molecule has 0 aliphatic heterocycles. The minimum absolute atomic E-state index is 0.139. The lowest BCUT2D eigenvalue weighted by Crippen LogP contribution is -2.31. The number of aryl methyl sites for hydroxylation is 1. The Labute approximate surface area is 145 Å². The number of anilines is 2. The van der Waals surface area contributed by atoms with Crippen molar-refractivity contribution in [1.29, 1.82) is 0 Å². The van der Waals surface area contributed by atoms with Gasteiger partial charge in [-0.2, -0.15) is 8.42 Å². The predicted molar refractivity (Wildman–Crippen MR) is 94.8 cm³/mol. The maximum absolute atomic E-state index is 12.9. The first kappa shape index (κ1) is 18.3. The zero-order chi connectivity index (χ0) is 17.7. The second-order valence-electron chi connectivity index (χ2n) is 5.13. The summed E-state index contributed by atoms with van der Waals surface area (Å²) in [6.45, 7) is 5.76. The van der Waals surface area contributed by atoms with Gasteiger partial charge >= 0.3 is 0 Å². The molecule has 0 unspecified atom stereocenters. The fourth-order valence-electron chi connectivity index (χ4n) is 2.18. The SMILES string of the molecule is CCCC(=O)Nc1nnc(S(=O)(=O)N(CC)c2ccccc2C)s1. The molecule has 130 valence electrons. The Morgan fingerprint density at radius 2 is 1.96 bits per heavy atom. The van der Waals surface area contributed by atoms with Gasteiger partial charge in [0.1, 0.15) is 0 Å². The van der Waals surface area contributed by atoms with E-state index in [1.807, 2.05) is 26.0 Å². The van der Waals surface area contributed by atoms with Crippen LogP contribution in [0.5, 0.6) is 0 Å². The molecule has 0 aliphatic carbocycles. The minimum atomic E-state index is -3.83. The normalized spacial score (nSPS) is 11.3. The number of carbonyl (C=O) groups excluding carboxylic acids is 1. The first-order chi connectivity index (χ1) is 11.4. The number of carbonyl (C=O) groups is 1. The number of amides is 1. The monoisotopic (exact) mass is 368 g/mol. The molecular formula is C15H20N4O3S2. The zero-order valence-electron chi connectivity index (χ0n) is 13.8. The third-order valence-corrected chi connectivity index (χ3v) is 6.39. The van der Waals surface area contributed by atoms with Crippen LogP contribution in [0.3, 0.4) is 0 Å². The molecule has 0 atom stereocenters. The highest BCUT2D eigenvalue weighted by Gasteiger charge is 2.29. The number of nitrogens with one attached hydrogen (secondary N) is 1. The van der Waals surface area contributed by atoms with Crippen molar-refractivity contribution in [3.8, 4) is 0 Å². The highest BCUT2D eigenvalue weighted by molar-refractivity contribution is 7.94. The molecule has 0 aliphatic rings. The van der Waals surface area contributed by atoms with Gasteiger partial charge in [-0.15, -0.1) is 10.2 Å². The van der Waals surface area contributed by atoms with Crippen molar-refractivity contribution < 1.29 is 13.2 Å². The van der Waals surface area contributed by atoms with E-state index >= 15 is 0 Å². The van der Waals surface area contributed by atoms with Crippen LogP contribution >= 0.6 is 11.3 Å². The molecule has 1 N–H and O–H groups in total. The lowest BCUT2D eigenvalue weighted by molar-refractivity contribution is -0.116. The summed E-state index contributed by atoms with van der Waals surface area (Å²) in [6.07, 6.45) is 1.05. The number of hydrogen-bond donors (Lipinski definition) is 1. The van der Waals surface area contributed by atoms with Gasteiger partial charge in [0, 0.05) is 13.0 Å². The average molecular weight is 368 g/mol. The molecule has 1 heterocycles. The molecule has 1 aromatic carbocycles. The number of hydrogen-bond acceptors (Lipinski definition) is 6. The van der Waals surface area contributed by atoms with Crippen molar-refractivity contribution in [3.05, 3.63) is 29.8 Å². The molecule has 0 fully saturated rings. The Bertz CT molecular complexity index is 818. The summed E-state index contributed by atoms with van der Waals surface area (Å²) in [5, 5.41) is 10.3. The van der Waals surface area contributed by atoms with Crippen LogP contribution in [0.25, 0.3) is 0 Å². The quantitative estimate of drug-likeness (QED) is 0.759. The van der Waals surface area contributed by atoms with E-state index in [1.54, 1.807) is 19.1 Å². The lowest BCUT2D eigenvalue weighted by atomic mass is 10.2. The third kappa shape index (κ3) is 3.90. The number of benzene rings is 1. The molecule has 1 amide bonds. The highest BCUT2D eigenvalue weighted by atomic mass is 32.2. The van der Waals surface area contributed by atoms with Crippen LogP contribution in [0, 0.1) is 6.92 Å². The predicted octanol–water partition coefficient (Wildman–Crippen LogP) is 2.80. The van der Waals surface area contributed by atoms with E-state index in [0.29, 0.717) is 18.5 Å². The molecule has 0 saturated carbocycles. The van der Waals surface area contributed by atoms with Gasteiger partial charge < -0.3 is 5.32 Å². The van der Waals surface area contributed by atoms with Crippen LogP contribution in [0.1, 0.15) is 32.3 Å². The number of para-hydroxylation sites is 1. The fraction of sp³-hybridized carbons (Fsp3) is 0.400. The van der Waals surface area contributed by atoms with Crippen LogP contribution in [0.4, 0.5) is 10.8 Å². The molecule has 7 nitrogen and oxygen atoms in total. The Kier molecular flexibility index (Phi) is 5.89. The largest absolute Gasteiger partial charge is 0.301 e. The van der Waals surface area contributed by atoms with E-state index in [1.165, 1.54) is 4.31 Å². The van der Waals surface area contributed by atoms with Crippen molar-refractivity contribution in [2.75, 3.05) is 16.2 Å². The van der Waals surface area contributed by atoms with Gasteiger partial charge in [-0.05, 0) is 31.9 Å². The lowest BCUT2D eigenvalue weighted by Gasteiger charge is -2.22. The summed E-state index contributed by atoms with van der Waals surface area (Å²) >= 11 is 0.854. The van der Waals surface area contributed by atoms with E-state index in [9.17, 15) is 13.2 Å². The van der Waals surface area contributed by atoms with E-state index in [4.69, 9.17) is 0 Å². The number of sulfonamides is 1. The van der Waals surface area contributed by atoms with E-state index in [-0.39, 0.29) is 21.9 Å². The molecule has 0 bridgehead atoms. The topological polar surface area (TPSA) is 92.3 Å². The summed E-state index contributed by atoms with van der Waals surface area (Å²) in [5.41, 5.74) is 1.45. The number of rotatable bonds is 7. The molecule has 2 rings (SSSR count). The van der Waals surface area contributed by atoms with E-state index in [0.717, 1.165) is 16.9 Å². The molecule has 9 heteroatoms. The molecule has 0 radical (unpaired) electrons. The average Bonchev–Trinajstić information content (AvgIpc) is 2.99. The van der Waals surface area contributed by atoms with Gasteiger partial charge in [0.25, 0.3) is 14.4 Å². The first-order valence-corrected chi connectivity index (χ1v) is 9.87. The minimum Gasteiger partial charge on any atom is -0.301 e. The molecule has 2 aromatic rings. The zero-order valence-corrected chi connectivity index (χ0v) is 15.4. The standard InChI is InChI=1S/C15H20N4O3S2/c1-4-8-13(20)16-14-17-18-15(23-14)24(21,22)19(5-2)12-10-7-6-9-11(12)3/h6-7,9-10H,4-5,8H2,1-3H3,(H,16,17,20). The van der Waals surface area contributed by atoms with E-state index in [2.05, 4.69) is 15.5 Å². The van der Waals surface area contributed by atoms with Crippen molar-refractivity contribution in [2.45, 2.75) is 38.0 Å². The third-order valence-electron chi connectivity index (χ3n) is 3.31. The van der Waals surface area contributed by atoms with Crippen LogP contribution < -0.4 is 9.62 Å². The van der Waals surface area contributed by atoms with Crippen LogP contribution in [0.15, 0.2) is 28.6 Å². The van der Waals surface area contributed by atoms with Crippen molar-refractivity contribution in [2.24, 2.45) is 0 Å². The van der Waals surface area contributed by atoms with Gasteiger partial charge in [-0.1, -0.05) is 36.5 Å². The maximum Gasteiger partial charge on any atom is 0.293 e. The number of nitrogens with zero attached hydrogens (tertiary/aromatic N) is 3.